The van der Waals surface area contributed by atoms with Gasteiger partial charge >= 0.3 is 0 Å². The van der Waals surface area contributed by atoms with Crippen LogP contribution < -0.4 is 5.32 Å². The minimum absolute atomic E-state index is 0.139. The summed E-state index contributed by atoms with van der Waals surface area (Å²) >= 11 is 0. The van der Waals surface area contributed by atoms with Gasteiger partial charge in [0.25, 0.3) is 0 Å². The van der Waals surface area contributed by atoms with Crippen molar-refractivity contribution < 1.29 is 4.79 Å². The Balaban J connectivity index is 1.77. The molecule has 1 aromatic rings. The number of nitrogens with one attached hydrogen (secondary N) is 1. The van der Waals surface area contributed by atoms with Crippen molar-refractivity contribution in [1.82, 2.24) is 15.1 Å². The Morgan fingerprint density at radius 2 is 1.80 bits per heavy atom. The van der Waals surface area contributed by atoms with E-state index in [-0.39, 0.29) is 5.91 Å². The van der Waals surface area contributed by atoms with Crippen LogP contribution in [0.1, 0.15) is 18.1 Å². The highest BCUT2D eigenvalue weighted by Crippen LogP contribution is 2.12. The van der Waals surface area contributed by atoms with Gasteiger partial charge in [0.2, 0.25) is 5.91 Å². The fourth-order valence-corrected chi connectivity index (χ4v) is 2.59. The number of carbonyl (C=O) groups is 1. The van der Waals surface area contributed by atoms with E-state index in [0.29, 0.717) is 13.1 Å². The molecule has 4 heteroatoms. The average molecular weight is 275 g/mol. The summed E-state index contributed by atoms with van der Waals surface area (Å²) in [5, 5.41) is 2.86. The summed E-state index contributed by atoms with van der Waals surface area (Å²) in [7, 11) is 0. The molecular weight excluding hydrogens is 250 g/mol. The van der Waals surface area contributed by atoms with Crippen molar-refractivity contribution >= 4 is 5.91 Å². The van der Waals surface area contributed by atoms with Crippen LogP contribution in [0.15, 0.2) is 24.3 Å². The van der Waals surface area contributed by atoms with Gasteiger partial charge in [0.1, 0.15) is 0 Å². The maximum absolute atomic E-state index is 11.6. The van der Waals surface area contributed by atoms with Crippen LogP contribution in [0.25, 0.3) is 0 Å². The lowest BCUT2D eigenvalue weighted by Crippen LogP contribution is -2.49. The molecule has 2 rings (SSSR count). The number of carbonyl (C=O) groups excluding carboxylic acids is 1. The number of aryl methyl sites for hydroxylation is 1. The molecule has 110 valence electrons. The van der Waals surface area contributed by atoms with Crippen LogP contribution in [0.5, 0.6) is 0 Å². The quantitative estimate of drug-likeness (QED) is 0.878. The van der Waals surface area contributed by atoms with Crippen LogP contribution in [0.2, 0.25) is 0 Å². The van der Waals surface area contributed by atoms with Crippen LogP contribution >= 0.6 is 0 Å². The third-order valence-corrected chi connectivity index (χ3v) is 3.86. The lowest BCUT2D eigenvalue weighted by molar-refractivity contribution is -0.122. The molecule has 1 aliphatic rings. The smallest absolute Gasteiger partial charge is 0.234 e. The molecule has 0 aliphatic carbocycles. The van der Waals surface area contributed by atoms with Crippen molar-refractivity contribution in [1.29, 1.82) is 0 Å². The van der Waals surface area contributed by atoms with Crippen molar-refractivity contribution in [2.24, 2.45) is 0 Å². The summed E-state index contributed by atoms with van der Waals surface area (Å²) in [5.41, 5.74) is 2.77. The van der Waals surface area contributed by atoms with Crippen LogP contribution in [0.4, 0.5) is 0 Å². The summed E-state index contributed by atoms with van der Waals surface area (Å²) in [6.07, 6.45) is 0. The third kappa shape index (κ3) is 4.32. The zero-order valence-electron chi connectivity index (χ0n) is 12.6. The lowest BCUT2D eigenvalue weighted by Gasteiger charge is -2.34. The maximum atomic E-state index is 11.6. The number of hydrogen-bond donors (Lipinski definition) is 1. The number of rotatable bonds is 5. The van der Waals surface area contributed by atoms with Crippen LogP contribution in [-0.4, -0.2) is 55.0 Å². The lowest BCUT2D eigenvalue weighted by atomic mass is 10.1. The van der Waals surface area contributed by atoms with E-state index in [1.165, 1.54) is 11.1 Å². The van der Waals surface area contributed by atoms with Crippen molar-refractivity contribution in [3.05, 3.63) is 35.4 Å². The molecule has 1 fully saturated rings. The molecule has 4 nitrogen and oxygen atoms in total. The molecule has 20 heavy (non-hydrogen) atoms. The minimum Gasteiger partial charge on any atom is -0.355 e. The van der Waals surface area contributed by atoms with Gasteiger partial charge in [-0.25, -0.2) is 0 Å². The van der Waals surface area contributed by atoms with Crippen molar-refractivity contribution in [3.63, 3.8) is 0 Å². The van der Waals surface area contributed by atoms with Crippen molar-refractivity contribution in [2.75, 3.05) is 39.3 Å². The van der Waals surface area contributed by atoms with Gasteiger partial charge in [-0.1, -0.05) is 24.3 Å². The number of nitrogens with zero attached hydrogens (tertiary/aromatic N) is 2. The van der Waals surface area contributed by atoms with E-state index < -0.39 is 0 Å². The van der Waals surface area contributed by atoms with E-state index >= 15 is 0 Å². The monoisotopic (exact) mass is 275 g/mol. The summed E-state index contributed by atoms with van der Waals surface area (Å²) < 4.78 is 0. The summed E-state index contributed by atoms with van der Waals surface area (Å²) in [6, 6.07) is 8.56. The van der Waals surface area contributed by atoms with E-state index in [4.69, 9.17) is 0 Å². The van der Waals surface area contributed by atoms with Gasteiger partial charge in [-0.15, -0.1) is 0 Å². The first-order chi connectivity index (χ1) is 9.69. The molecular formula is C16H25N3O. The maximum Gasteiger partial charge on any atom is 0.234 e. The molecule has 1 aliphatic heterocycles. The number of hydrogen-bond acceptors (Lipinski definition) is 3. The predicted molar refractivity (Wildman–Crippen MR) is 81.6 cm³/mol. The number of benzene rings is 1. The molecule has 1 heterocycles. The Hall–Kier alpha value is -1.39. The first-order valence-corrected chi connectivity index (χ1v) is 7.45. The number of piperazine rings is 1. The number of amides is 1. The van der Waals surface area contributed by atoms with E-state index in [1.54, 1.807) is 0 Å². The standard InChI is InChI=1S/C16H25N3O/c1-3-17-16(20)13-19-10-8-18(9-11-19)12-15-7-5-4-6-14(15)2/h4-7H,3,8-13H2,1-2H3,(H,17,20). The molecule has 0 bridgehead atoms. The second-order valence-electron chi connectivity index (χ2n) is 5.43. The second kappa shape index (κ2) is 7.41. The first kappa shape index (κ1) is 15.0. The Bertz CT molecular complexity index is 439. The third-order valence-electron chi connectivity index (χ3n) is 3.86. The molecule has 0 saturated carbocycles. The summed E-state index contributed by atoms with van der Waals surface area (Å²) in [5.74, 6) is 0.139. The van der Waals surface area contributed by atoms with Crippen LogP contribution in [-0.2, 0) is 11.3 Å². The Morgan fingerprint density at radius 1 is 1.15 bits per heavy atom. The van der Waals surface area contributed by atoms with E-state index in [1.807, 2.05) is 6.92 Å². The van der Waals surface area contributed by atoms with Gasteiger partial charge < -0.3 is 5.32 Å². The van der Waals surface area contributed by atoms with E-state index in [2.05, 4.69) is 46.3 Å². The Morgan fingerprint density at radius 3 is 2.45 bits per heavy atom. The van der Waals surface area contributed by atoms with Gasteiger partial charge in [0.15, 0.2) is 0 Å². The first-order valence-electron chi connectivity index (χ1n) is 7.45. The molecule has 1 amide bonds. The minimum atomic E-state index is 0.139. The highest BCUT2D eigenvalue weighted by atomic mass is 16.2. The Kier molecular flexibility index (Phi) is 5.56. The zero-order valence-corrected chi connectivity index (χ0v) is 12.6. The van der Waals surface area contributed by atoms with Crippen LogP contribution in [0, 0.1) is 6.92 Å². The summed E-state index contributed by atoms with van der Waals surface area (Å²) in [4.78, 5) is 16.3. The highest BCUT2D eigenvalue weighted by Gasteiger charge is 2.18. The van der Waals surface area contributed by atoms with Crippen molar-refractivity contribution in [3.8, 4) is 0 Å². The molecule has 1 aromatic carbocycles. The average Bonchev–Trinajstić information content (AvgIpc) is 2.44. The highest BCUT2D eigenvalue weighted by molar-refractivity contribution is 5.77. The normalized spacial score (nSPS) is 17.1. The van der Waals surface area contributed by atoms with Gasteiger partial charge in [-0.05, 0) is 25.0 Å². The number of likely N-dealkylation sites (N-methyl/N-ethyl adjacent to an activating group) is 1. The Labute approximate surface area is 121 Å². The molecule has 1 saturated heterocycles. The van der Waals surface area contributed by atoms with Gasteiger partial charge in [0, 0.05) is 39.3 Å². The second-order valence-corrected chi connectivity index (χ2v) is 5.43. The molecule has 0 radical (unpaired) electrons. The van der Waals surface area contributed by atoms with E-state index in [0.717, 1.165) is 32.7 Å². The molecule has 0 aromatic heterocycles. The van der Waals surface area contributed by atoms with Crippen molar-refractivity contribution in [2.45, 2.75) is 20.4 Å². The van der Waals surface area contributed by atoms with Crippen LogP contribution in [0.3, 0.4) is 0 Å². The summed E-state index contributed by atoms with van der Waals surface area (Å²) in [6.45, 7) is 10.4. The fourth-order valence-electron chi connectivity index (χ4n) is 2.59. The topological polar surface area (TPSA) is 35.6 Å². The van der Waals surface area contributed by atoms with Gasteiger partial charge in [-0.2, -0.15) is 0 Å². The predicted octanol–water partition coefficient (Wildman–Crippen LogP) is 1.25. The largest absolute Gasteiger partial charge is 0.355 e. The zero-order chi connectivity index (χ0) is 14.4. The molecule has 0 unspecified atom stereocenters. The van der Waals surface area contributed by atoms with Gasteiger partial charge in [0.05, 0.1) is 6.54 Å². The fraction of sp³-hybridized carbons (Fsp3) is 0.562. The van der Waals surface area contributed by atoms with E-state index in [9.17, 15) is 4.79 Å². The molecule has 0 spiro atoms. The molecule has 1 N–H and O–H groups in total. The SMILES string of the molecule is CCNC(=O)CN1CCN(Cc2ccccc2C)CC1. The van der Waals surface area contributed by atoms with Gasteiger partial charge in [-0.3, -0.25) is 14.6 Å². The molecule has 0 atom stereocenters.